The lowest BCUT2D eigenvalue weighted by molar-refractivity contribution is -0.156. The van der Waals surface area contributed by atoms with Crippen molar-refractivity contribution in [3.05, 3.63) is 22.4 Å². The fourth-order valence-corrected chi connectivity index (χ4v) is 3.47. The summed E-state index contributed by atoms with van der Waals surface area (Å²) in [5, 5.41) is 11.4. The number of aliphatic hydroxyl groups is 1. The van der Waals surface area contributed by atoms with Gasteiger partial charge in [0.05, 0.1) is 24.4 Å². The lowest BCUT2D eigenvalue weighted by Crippen LogP contribution is -2.55. The lowest BCUT2D eigenvalue weighted by atomic mass is 10.0. The molecular formula is C13H22N2O2S. The molecule has 1 aromatic rings. The van der Waals surface area contributed by atoms with Crippen molar-refractivity contribution in [2.75, 3.05) is 26.2 Å². The van der Waals surface area contributed by atoms with Gasteiger partial charge in [0.2, 0.25) is 0 Å². The maximum atomic E-state index is 9.35. The Kier molecular flexibility index (Phi) is 4.40. The van der Waals surface area contributed by atoms with Crippen LogP contribution < -0.4 is 5.73 Å². The van der Waals surface area contributed by atoms with Gasteiger partial charge in [0.25, 0.3) is 0 Å². The number of hydrogen-bond donors (Lipinski definition) is 2. The molecule has 2 heterocycles. The lowest BCUT2D eigenvalue weighted by Gasteiger charge is -2.45. The van der Waals surface area contributed by atoms with Gasteiger partial charge in [-0.3, -0.25) is 4.90 Å². The Bertz CT molecular complexity index is 367. The Hall–Kier alpha value is -0.460. The molecule has 5 heteroatoms. The van der Waals surface area contributed by atoms with Crippen LogP contribution in [0.3, 0.4) is 0 Å². The average molecular weight is 270 g/mol. The third-order valence-corrected chi connectivity index (χ3v) is 4.22. The summed E-state index contributed by atoms with van der Waals surface area (Å²) in [5.41, 5.74) is 5.69. The van der Waals surface area contributed by atoms with Crippen molar-refractivity contribution in [3.63, 3.8) is 0 Å². The van der Waals surface area contributed by atoms with Crippen molar-refractivity contribution in [1.29, 1.82) is 0 Å². The van der Waals surface area contributed by atoms with Crippen molar-refractivity contribution in [2.24, 2.45) is 5.73 Å². The van der Waals surface area contributed by atoms with E-state index in [0.29, 0.717) is 6.54 Å². The highest BCUT2D eigenvalue weighted by Crippen LogP contribution is 2.30. The molecule has 102 valence electrons. The molecular weight excluding hydrogens is 248 g/mol. The number of nitrogens with two attached hydrogens (primary N) is 1. The Morgan fingerprint density at radius 3 is 3.00 bits per heavy atom. The van der Waals surface area contributed by atoms with Crippen LogP contribution in [0.2, 0.25) is 0 Å². The van der Waals surface area contributed by atoms with Crippen molar-refractivity contribution in [1.82, 2.24) is 4.90 Å². The van der Waals surface area contributed by atoms with E-state index in [0.717, 1.165) is 13.1 Å². The predicted molar refractivity (Wildman–Crippen MR) is 73.7 cm³/mol. The molecule has 1 fully saturated rings. The molecule has 18 heavy (non-hydrogen) atoms. The first-order chi connectivity index (χ1) is 8.55. The Morgan fingerprint density at radius 2 is 2.44 bits per heavy atom. The van der Waals surface area contributed by atoms with Gasteiger partial charge in [-0.05, 0) is 25.3 Å². The van der Waals surface area contributed by atoms with Crippen LogP contribution in [-0.2, 0) is 4.74 Å². The summed E-state index contributed by atoms with van der Waals surface area (Å²) < 4.78 is 5.84. The Labute approximate surface area is 112 Å². The number of aliphatic hydroxyl groups excluding tert-OH is 1. The van der Waals surface area contributed by atoms with Gasteiger partial charge < -0.3 is 15.6 Å². The molecule has 0 amide bonds. The summed E-state index contributed by atoms with van der Waals surface area (Å²) >= 11 is 1.73. The van der Waals surface area contributed by atoms with Crippen LogP contribution in [0.4, 0.5) is 0 Å². The van der Waals surface area contributed by atoms with Crippen molar-refractivity contribution >= 4 is 11.3 Å². The molecule has 0 bridgehead atoms. The van der Waals surface area contributed by atoms with Gasteiger partial charge in [0.1, 0.15) is 0 Å². The van der Waals surface area contributed by atoms with Crippen LogP contribution in [0.1, 0.15) is 24.8 Å². The zero-order chi connectivity index (χ0) is 13.2. The van der Waals surface area contributed by atoms with E-state index in [9.17, 15) is 5.11 Å². The summed E-state index contributed by atoms with van der Waals surface area (Å²) in [7, 11) is 0. The third-order valence-electron chi connectivity index (χ3n) is 3.25. The van der Waals surface area contributed by atoms with E-state index in [1.165, 1.54) is 4.88 Å². The van der Waals surface area contributed by atoms with Gasteiger partial charge in [-0.15, -0.1) is 11.3 Å². The summed E-state index contributed by atoms with van der Waals surface area (Å²) in [4.78, 5) is 3.61. The average Bonchev–Trinajstić information content (AvgIpc) is 2.81. The molecule has 2 atom stereocenters. The van der Waals surface area contributed by atoms with Gasteiger partial charge in [-0.25, -0.2) is 0 Å². The fraction of sp³-hybridized carbons (Fsp3) is 0.692. The molecule has 2 rings (SSSR count). The van der Waals surface area contributed by atoms with Crippen molar-refractivity contribution in [3.8, 4) is 0 Å². The zero-order valence-electron chi connectivity index (χ0n) is 11.0. The number of rotatable bonds is 4. The maximum absolute atomic E-state index is 9.35. The second-order valence-electron chi connectivity index (χ2n) is 5.38. The van der Waals surface area contributed by atoms with Crippen molar-refractivity contribution in [2.45, 2.75) is 31.6 Å². The first-order valence-corrected chi connectivity index (χ1v) is 7.20. The van der Waals surface area contributed by atoms with E-state index < -0.39 is 0 Å². The molecule has 3 N–H and O–H groups in total. The largest absolute Gasteiger partial charge is 0.394 e. The summed E-state index contributed by atoms with van der Waals surface area (Å²) in [5.74, 6) is 0. The molecule has 0 aliphatic carbocycles. The minimum atomic E-state index is -0.240. The van der Waals surface area contributed by atoms with Crippen LogP contribution in [0.25, 0.3) is 0 Å². The number of hydrogen-bond acceptors (Lipinski definition) is 5. The van der Waals surface area contributed by atoms with E-state index >= 15 is 0 Å². The van der Waals surface area contributed by atoms with E-state index in [1.807, 2.05) is 0 Å². The number of morpholine rings is 1. The minimum absolute atomic E-state index is 0.0572. The monoisotopic (exact) mass is 270 g/mol. The first-order valence-electron chi connectivity index (χ1n) is 6.32. The molecule has 1 aliphatic rings. The van der Waals surface area contributed by atoms with Crippen LogP contribution in [0.5, 0.6) is 0 Å². The Balaban J connectivity index is 2.15. The molecule has 1 aromatic heterocycles. The van der Waals surface area contributed by atoms with Crippen LogP contribution in [-0.4, -0.2) is 48.0 Å². The van der Waals surface area contributed by atoms with Gasteiger partial charge in [0, 0.05) is 24.5 Å². The summed E-state index contributed by atoms with van der Waals surface area (Å²) in [6.45, 7) is 6.34. The molecule has 1 saturated heterocycles. The number of ether oxygens (including phenoxy) is 1. The highest BCUT2D eigenvalue weighted by atomic mass is 32.1. The standard InChI is InChI=1S/C13H22N2O2S/c1-13(2)9-15(7-10(8-16)17-13)11(6-14)12-4-3-5-18-12/h3-5,10-11,16H,6-9,14H2,1-2H3. The molecule has 2 unspecified atom stereocenters. The number of thiophene rings is 1. The first kappa shape index (κ1) is 14.0. The van der Waals surface area contributed by atoms with Gasteiger partial charge in [-0.2, -0.15) is 0 Å². The van der Waals surface area contributed by atoms with Gasteiger partial charge >= 0.3 is 0 Å². The quantitative estimate of drug-likeness (QED) is 0.864. The van der Waals surface area contributed by atoms with Gasteiger partial charge in [0.15, 0.2) is 0 Å². The second kappa shape index (κ2) is 5.67. The minimum Gasteiger partial charge on any atom is -0.394 e. The topological polar surface area (TPSA) is 58.7 Å². The normalized spacial score (nSPS) is 26.1. The van der Waals surface area contributed by atoms with Crippen molar-refractivity contribution < 1.29 is 9.84 Å². The predicted octanol–water partition coefficient (Wildman–Crippen LogP) is 1.22. The SMILES string of the molecule is CC1(C)CN(C(CN)c2cccs2)CC(CO)O1. The Morgan fingerprint density at radius 1 is 1.67 bits per heavy atom. The number of nitrogens with zero attached hydrogens (tertiary/aromatic N) is 1. The van der Waals surface area contributed by atoms with E-state index in [2.05, 4.69) is 36.3 Å². The van der Waals surface area contributed by atoms with Gasteiger partial charge in [-0.1, -0.05) is 6.07 Å². The second-order valence-corrected chi connectivity index (χ2v) is 6.36. The maximum Gasteiger partial charge on any atom is 0.0940 e. The third kappa shape index (κ3) is 3.10. The molecule has 0 aromatic carbocycles. The highest BCUT2D eigenvalue weighted by Gasteiger charge is 2.36. The van der Waals surface area contributed by atoms with E-state index in [-0.39, 0.29) is 24.4 Å². The molecule has 4 nitrogen and oxygen atoms in total. The van der Waals surface area contributed by atoms with E-state index in [4.69, 9.17) is 10.5 Å². The summed E-state index contributed by atoms with van der Waals surface area (Å²) in [6.07, 6.45) is -0.122. The van der Waals surface area contributed by atoms with Crippen LogP contribution in [0, 0.1) is 0 Å². The smallest absolute Gasteiger partial charge is 0.0940 e. The van der Waals surface area contributed by atoms with Crippen LogP contribution >= 0.6 is 11.3 Å². The van der Waals surface area contributed by atoms with E-state index in [1.54, 1.807) is 11.3 Å². The molecule has 0 spiro atoms. The molecule has 0 radical (unpaired) electrons. The van der Waals surface area contributed by atoms with Crippen LogP contribution in [0.15, 0.2) is 17.5 Å². The fourth-order valence-electron chi connectivity index (χ4n) is 2.60. The molecule has 0 saturated carbocycles. The summed E-state index contributed by atoms with van der Waals surface area (Å²) in [6, 6.07) is 4.40. The zero-order valence-corrected chi connectivity index (χ0v) is 11.8. The molecule has 1 aliphatic heterocycles. The highest BCUT2D eigenvalue weighted by molar-refractivity contribution is 7.10.